The Morgan fingerprint density at radius 3 is 1.74 bits per heavy atom. The molecule has 11 rings (SSSR count). The summed E-state index contributed by atoms with van der Waals surface area (Å²) in [6.45, 7) is 0. The maximum Gasteiger partial charge on any atom is 0.135 e. The van der Waals surface area contributed by atoms with Crippen LogP contribution in [0.4, 0.5) is 0 Å². The van der Waals surface area contributed by atoms with Gasteiger partial charge in [0.25, 0.3) is 0 Å². The fourth-order valence-corrected chi connectivity index (χ4v) is 9.69. The summed E-state index contributed by atoms with van der Waals surface area (Å²) in [6.07, 6.45) is 6.46. The van der Waals surface area contributed by atoms with Gasteiger partial charge in [-0.1, -0.05) is 127 Å². The highest BCUT2D eigenvalue weighted by molar-refractivity contribution is 7.26. The van der Waals surface area contributed by atoms with E-state index >= 15 is 0 Å². The minimum absolute atomic E-state index is 0.992. The molecule has 2 heterocycles. The Hall–Kier alpha value is -5.96. The molecule has 0 saturated carbocycles. The number of thiophene rings is 1. The Bertz CT molecular complexity index is 2950. The van der Waals surface area contributed by atoms with E-state index in [0.717, 1.165) is 24.2 Å². The summed E-state index contributed by atoms with van der Waals surface area (Å²) < 4.78 is 8.91. The molecule has 0 aliphatic heterocycles. The molecule has 0 spiro atoms. The minimum Gasteiger partial charge on any atom is -0.456 e. The van der Waals surface area contributed by atoms with Crippen molar-refractivity contribution in [1.82, 2.24) is 0 Å². The predicted octanol–water partition coefficient (Wildman–Crippen LogP) is 14.2. The van der Waals surface area contributed by atoms with Crippen molar-refractivity contribution in [1.29, 1.82) is 0 Å². The molecular weight excluding hydrogens is 625 g/mol. The zero-order chi connectivity index (χ0) is 32.8. The van der Waals surface area contributed by atoms with Crippen LogP contribution in [0.2, 0.25) is 0 Å². The molecule has 0 saturated heterocycles. The van der Waals surface area contributed by atoms with E-state index in [1.165, 1.54) is 96.8 Å². The van der Waals surface area contributed by atoms with Crippen molar-refractivity contribution in [3.05, 3.63) is 163 Å². The van der Waals surface area contributed by atoms with Crippen molar-refractivity contribution in [2.75, 3.05) is 0 Å². The first-order valence-corrected chi connectivity index (χ1v) is 18.2. The van der Waals surface area contributed by atoms with Crippen LogP contribution in [0.1, 0.15) is 17.7 Å². The second-order valence-electron chi connectivity index (χ2n) is 13.5. The van der Waals surface area contributed by atoms with E-state index in [2.05, 4.69) is 158 Å². The van der Waals surface area contributed by atoms with Crippen LogP contribution in [0, 0.1) is 0 Å². The number of hydrogen-bond donors (Lipinski definition) is 0. The quantitative estimate of drug-likeness (QED) is 0.173. The smallest absolute Gasteiger partial charge is 0.135 e. The van der Waals surface area contributed by atoms with Crippen molar-refractivity contribution < 1.29 is 4.42 Å². The van der Waals surface area contributed by atoms with Gasteiger partial charge in [0.15, 0.2) is 0 Å². The fraction of sp³-hybridized carbons (Fsp3) is 0.0417. The Labute approximate surface area is 293 Å². The summed E-state index contributed by atoms with van der Waals surface area (Å²) in [5, 5.41) is 11.7. The highest BCUT2D eigenvalue weighted by atomic mass is 32.1. The first-order valence-electron chi connectivity index (χ1n) is 17.4. The highest BCUT2D eigenvalue weighted by Gasteiger charge is 2.20. The molecule has 2 heteroatoms. The van der Waals surface area contributed by atoms with E-state index in [4.69, 9.17) is 4.42 Å². The summed E-state index contributed by atoms with van der Waals surface area (Å²) in [4.78, 5) is 0. The molecule has 0 atom stereocenters. The average Bonchev–Trinajstić information content (AvgIpc) is 3.75. The van der Waals surface area contributed by atoms with Gasteiger partial charge in [-0.25, -0.2) is 0 Å². The lowest BCUT2D eigenvalue weighted by atomic mass is 9.86. The van der Waals surface area contributed by atoms with Gasteiger partial charge in [0.05, 0.1) is 0 Å². The molecule has 234 valence electrons. The number of aryl methyl sites for hydroxylation is 1. The third-order valence-corrected chi connectivity index (χ3v) is 11.9. The number of allylic oxidation sites excluding steroid dienone is 1. The molecule has 1 nitrogen and oxygen atoms in total. The van der Waals surface area contributed by atoms with E-state index in [-0.39, 0.29) is 0 Å². The van der Waals surface area contributed by atoms with Gasteiger partial charge in [-0.05, 0) is 109 Å². The van der Waals surface area contributed by atoms with Gasteiger partial charge in [-0.3, -0.25) is 0 Å². The summed E-state index contributed by atoms with van der Waals surface area (Å²) >= 11 is 1.89. The summed E-state index contributed by atoms with van der Waals surface area (Å²) in [5.74, 6) is 1.02. The van der Waals surface area contributed by atoms with Crippen LogP contribution in [0.15, 0.2) is 156 Å². The first kappa shape index (κ1) is 27.9. The third-order valence-electron chi connectivity index (χ3n) is 10.7. The van der Waals surface area contributed by atoms with Crippen molar-refractivity contribution in [3.8, 4) is 33.4 Å². The predicted molar refractivity (Wildman–Crippen MR) is 215 cm³/mol. The lowest BCUT2D eigenvalue weighted by Gasteiger charge is -2.18. The van der Waals surface area contributed by atoms with Crippen LogP contribution in [0.3, 0.4) is 0 Å². The molecule has 8 aromatic carbocycles. The Balaban J connectivity index is 1.04. The van der Waals surface area contributed by atoms with Gasteiger partial charge >= 0.3 is 0 Å². The highest BCUT2D eigenvalue weighted by Crippen LogP contribution is 2.46. The van der Waals surface area contributed by atoms with Gasteiger partial charge in [-0.15, -0.1) is 11.3 Å². The molecule has 1 aliphatic rings. The number of rotatable bonds is 3. The SMILES string of the molecule is C1=Cc2oc3ccc4c(ccc5sc6cc(-c7ccc(-c8c9ccccc9c(-c9ccccc9)c9ccccc89)cc7)ccc6c54)c3c2CC1. The molecule has 0 unspecified atom stereocenters. The number of furan rings is 1. The first-order chi connectivity index (χ1) is 24.8. The van der Waals surface area contributed by atoms with E-state index in [1.807, 2.05) is 11.3 Å². The Kier molecular flexibility index (Phi) is 6.02. The van der Waals surface area contributed by atoms with Gasteiger partial charge in [0, 0.05) is 31.1 Å². The number of benzene rings is 8. The van der Waals surface area contributed by atoms with Gasteiger partial charge in [0.2, 0.25) is 0 Å². The van der Waals surface area contributed by atoms with Gasteiger partial charge in [-0.2, -0.15) is 0 Å². The molecule has 0 fully saturated rings. The normalized spacial score (nSPS) is 13.0. The van der Waals surface area contributed by atoms with Crippen molar-refractivity contribution in [3.63, 3.8) is 0 Å². The zero-order valence-corrected chi connectivity index (χ0v) is 28.1. The van der Waals surface area contributed by atoms with Gasteiger partial charge < -0.3 is 4.42 Å². The van der Waals surface area contributed by atoms with E-state index in [9.17, 15) is 0 Å². The second-order valence-corrected chi connectivity index (χ2v) is 14.5. The van der Waals surface area contributed by atoms with Crippen LogP contribution in [-0.2, 0) is 6.42 Å². The molecule has 0 radical (unpaired) electrons. The Morgan fingerprint density at radius 1 is 0.440 bits per heavy atom. The third kappa shape index (κ3) is 4.06. The average molecular weight is 655 g/mol. The maximum atomic E-state index is 6.26. The van der Waals surface area contributed by atoms with Gasteiger partial charge in [0.1, 0.15) is 11.3 Å². The van der Waals surface area contributed by atoms with E-state index < -0.39 is 0 Å². The summed E-state index contributed by atoms with van der Waals surface area (Å²) in [6, 6.07) is 53.8. The zero-order valence-electron chi connectivity index (χ0n) is 27.2. The molecule has 1 aliphatic carbocycles. The topological polar surface area (TPSA) is 13.1 Å². The van der Waals surface area contributed by atoms with Crippen LogP contribution in [0.5, 0.6) is 0 Å². The van der Waals surface area contributed by atoms with Crippen molar-refractivity contribution in [2.24, 2.45) is 0 Å². The lowest BCUT2D eigenvalue weighted by molar-refractivity contribution is 0.595. The summed E-state index contributed by atoms with van der Waals surface area (Å²) in [7, 11) is 0. The lowest BCUT2D eigenvalue weighted by Crippen LogP contribution is -1.90. The molecular formula is C48H30OS. The molecule has 2 aromatic heterocycles. The standard InChI is InChI=1S/C48H30OS/c1-2-10-30(11-3-1)45-33-12-4-6-14-35(33)46(36-15-7-5-13-34(36)45)31-20-18-29(19-21-31)32-22-23-40-44(28-32)50-43-27-25-37-38(48(40)43)24-26-42-47(37)39-16-8-9-17-41(39)49-42/h1-7,9-15,17-28H,8,16H2. The van der Waals surface area contributed by atoms with Crippen LogP contribution >= 0.6 is 11.3 Å². The molecule has 50 heavy (non-hydrogen) atoms. The minimum atomic E-state index is 0.992. The second kappa shape index (κ2) is 10.8. The van der Waals surface area contributed by atoms with Crippen molar-refractivity contribution in [2.45, 2.75) is 12.8 Å². The molecule has 10 aromatic rings. The van der Waals surface area contributed by atoms with Crippen molar-refractivity contribution >= 4 is 80.9 Å². The van der Waals surface area contributed by atoms with Crippen LogP contribution in [-0.4, -0.2) is 0 Å². The largest absolute Gasteiger partial charge is 0.456 e. The number of hydrogen-bond acceptors (Lipinski definition) is 2. The maximum absolute atomic E-state index is 6.26. The van der Waals surface area contributed by atoms with E-state index in [0.29, 0.717) is 0 Å². The summed E-state index contributed by atoms with van der Waals surface area (Å²) in [5.41, 5.74) is 9.89. The van der Waals surface area contributed by atoms with E-state index in [1.54, 1.807) is 0 Å². The monoisotopic (exact) mass is 654 g/mol. The fourth-order valence-electron chi connectivity index (χ4n) is 8.52. The molecule has 0 amide bonds. The molecule has 0 N–H and O–H groups in total. The number of fused-ring (bicyclic) bond motifs is 11. The van der Waals surface area contributed by atoms with Crippen LogP contribution < -0.4 is 0 Å². The molecule has 0 bridgehead atoms. The Morgan fingerprint density at radius 2 is 1.02 bits per heavy atom. The van der Waals surface area contributed by atoms with Crippen LogP contribution in [0.25, 0.3) is 103 Å².